The van der Waals surface area contributed by atoms with Crippen LogP contribution in [0.15, 0.2) is 22.6 Å². The molecule has 0 fully saturated rings. The molecule has 0 amide bonds. The van der Waals surface area contributed by atoms with Crippen molar-refractivity contribution in [2.75, 3.05) is 7.11 Å². The highest BCUT2D eigenvalue weighted by molar-refractivity contribution is 5.88. The lowest BCUT2D eigenvalue weighted by atomic mass is 10.0. The van der Waals surface area contributed by atoms with Gasteiger partial charge in [0.15, 0.2) is 5.69 Å². The van der Waals surface area contributed by atoms with Crippen molar-refractivity contribution in [3.05, 3.63) is 40.8 Å². The average Bonchev–Trinajstić information content (AvgIpc) is 2.86. The largest absolute Gasteiger partial charge is 0.464 e. The standard InChI is InChI=1S/C14H9F6NO3/c1-6-10(12(22)23-2)21-11(24-6)7-3-8(13(15,16)17)5-9(4-7)14(18,19)20/h3-5H,1-2H3. The summed E-state index contributed by atoms with van der Waals surface area (Å²) >= 11 is 0. The Morgan fingerprint density at radius 2 is 1.54 bits per heavy atom. The number of alkyl halides is 6. The molecule has 24 heavy (non-hydrogen) atoms. The van der Waals surface area contributed by atoms with Crippen LogP contribution in [0.5, 0.6) is 0 Å². The number of methoxy groups -OCH3 is 1. The van der Waals surface area contributed by atoms with Crippen LogP contribution in [0.2, 0.25) is 0 Å². The van der Waals surface area contributed by atoms with Crippen LogP contribution in [0.3, 0.4) is 0 Å². The zero-order valence-corrected chi connectivity index (χ0v) is 12.2. The Hall–Kier alpha value is -2.52. The lowest BCUT2D eigenvalue weighted by Gasteiger charge is -2.13. The Morgan fingerprint density at radius 3 is 1.96 bits per heavy atom. The van der Waals surface area contributed by atoms with Gasteiger partial charge in [-0.3, -0.25) is 0 Å². The number of carbonyl (C=O) groups is 1. The Balaban J connectivity index is 2.64. The van der Waals surface area contributed by atoms with Crippen molar-refractivity contribution >= 4 is 5.97 Å². The Bertz CT molecular complexity index is 744. The number of ether oxygens (including phenoxy) is 1. The normalized spacial score (nSPS) is 12.3. The lowest BCUT2D eigenvalue weighted by Crippen LogP contribution is -2.11. The van der Waals surface area contributed by atoms with E-state index in [-0.39, 0.29) is 17.5 Å². The summed E-state index contributed by atoms with van der Waals surface area (Å²) in [5.41, 5.74) is -3.92. The molecule has 0 saturated heterocycles. The predicted octanol–water partition coefficient (Wildman–Crippen LogP) is 4.47. The number of hydrogen-bond acceptors (Lipinski definition) is 4. The van der Waals surface area contributed by atoms with Crippen LogP contribution in [0, 0.1) is 6.92 Å². The number of aryl methyl sites for hydroxylation is 1. The SMILES string of the molecule is COC(=O)c1nc(-c2cc(C(F)(F)F)cc(C(F)(F)F)c2)oc1C. The van der Waals surface area contributed by atoms with Crippen molar-refractivity contribution in [1.82, 2.24) is 4.98 Å². The van der Waals surface area contributed by atoms with Crippen LogP contribution >= 0.6 is 0 Å². The molecule has 0 bridgehead atoms. The first-order valence-corrected chi connectivity index (χ1v) is 6.29. The molecule has 0 spiro atoms. The fourth-order valence-corrected chi connectivity index (χ4v) is 1.88. The molecule has 1 aromatic heterocycles. The average molecular weight is 353 g/mol. The molecule has 10 heteroatoms. The van der Waals surface area contributed by atoms with E-state index < -0.39 is 40.9 Å². The quantitative estimate of drug-likeness (QED) is 0.590. The van der Waals surface area contributed by atoms with Gasteiger partial charge >= 0.3 is 18.3 Å². The van der Waals surface area contributed by atoms with Crippen LogP contribution in [0.25, 0.3) is 11.5 Å². The van der Waals surface area contributed by atoms with E-state index in [9.17, 15) is 31.1 Å². The second-order valence-electron chi connectivity index (χ2n) is 4.71. The number of nitrogens with zero attached hydrogens (tertiary/aromatic N) is 1. The lowest BCUT2D eigenvalue weighted by molar-refractivity contribution is -0.143. The van der Waals surface area contributed by atoms with Gasteiger partial charge in [0.25, 0.3) is 0 Å². The van der Waals surface area contributed by atoms with Crippen molar-refractivity contribution in [3.63, 3.8) is 0 Å². The summed E-state index contributed by atoms with van der Waals surface area (Å²) in [5.74, 6) is -1.57. The summed E-state index contributed by atoms with van der Waals surface area (Å²) in [6, 6.07) is 0.906. The van der Waals surface area contributed by atoms with Gasteiger partial charge in [-0.05, 0) is 25.1 Å². The topological polar surface area (TPSA) is 52.3 Å². The molecule has 0 aliphatic heterocycles. The molecule has 0 aliphatic rings. The highest BCUT2D eigenvalue weighted by Gasteiger charge is 2.37. The monoisotopic (exact) mass is 353 g/mol. The van der Waals surface area contributed by atoms with E-state index in [2.05, 4.69) is 9.72 Å². The summed E-state index contributed by atoms with van der Waals surface area (Å²) in [4.78, 5) is 15.0. The number of hydrogen-bond donors (Lipinski definition) is 0. The molecule has 0 aliphatic carbocycles. The Labute approximate surface area is 131 Å². The van der Waals surface area contributed by atoms with Crippen molar-refractivity contribution in [2.24, 2.45) is 0 Å². The number of oxazole rings is 1. The van der Waals surface area contributed by atoms with E-state index >= 15 is 0 Å². The minimum atomic E-state index is -5.00. The first kappa shape index (κ1) is 17.8. The van der Waals surface area contributed by atoms with Gasteiger partial charge in [0.05, 0.1) is 18.2 Å². The number of rotatable bonds is 2. The molecular formula is C14H9F6NO3. The first-order valence-electron chi connectivity index (χ1n) is 6.29. The zero-order chi connectivity index (χ0) is 18.3. The summed E-state index contributed by atoms with van der Waals surface area (Å²) < 4.78 is 86.4. The number of carbonyl (C=O) groups excluding carboxylic acids is 1. The highest BCUT2D eigenvalue weighted by atomic mass is 19.4. The smallest absolute Gasteiger partial charge is 0.416 e. The van der Waals surface area contributed by atoms with E-state index in [0.29, 0.717) is 12.1 Å². The maximum Gasteiger partial charge on any atom is 0.416 e. The van der Waals surface area contributed by atoms with Gasteiger partial charge in [0.2, 0.25) is 5.89 Å². The molecule has 1 heterocycles. The van der Waals surface area contributed by atoms with Gasteiger partial charge in [0, 0.05) is 5.56 Å². The van der Waals surface area contributed by atoms with E-state index in [4.69, 9.17) is 4.42 Å². The molecule has 2 rings (SSSR count). The van der Waals surface area contributed by atoms with Crippen molar-refractivity contribution in [2.45, 2.75) is 19.3 Å². The summed E-state index contributed by atoms with van der Waals surface area (Å²) in [7, 11) is 1.04. The summed E-state index contributed by atoms with van der Waals surface area (Å²) in [5, 5.41) is 0. The van der Waals surface area contributed by atoms with Gasteiger partial charge in [-0.2, -0.15) is 26.3 Å². The minimum absolute atomic E-state index is 0.0134. The predicted molar refractivity (Wildman–Crippen MR) is 68.0 cm³/mol. The van der Waals surface area contributed by atoms with Gasteiger partial charge in [-0.25, -0.2) is 9.78 Å². The van der Waals surface area contributed by atoms with Gasteiger partial charge in [-0.15, -0.1) is 0 Å². The second-order valence-corrected chi connectivity index (χ2v) is 4.71. The van der Waals surface area contributed by atoms with Crippen LogP contribution < -0.4 is 0 Å². The number of esters is 1. The van der Waals surface area contributed by atoms with E-state index in [1.165, 1.54) is 6.92 Å². The molecule has 0 radical (unpaired) electrons. The summed E-state index contributed by atoms with van der Waals surface area (Å²) in [6.45, 7) is 1.28. The fraction of sp³-hybridized carbons (Fsp3) is 0.286. The van der Waals surface area contributed by atoms with Gasteiger partial charge in [-0.1, -0.05) is 0 Å². The van der Waals surface area contributed by atoms with Crippen molar-refractivity contribution < 1.29 is 40.3 Å². The third-order valence-corrected chi connectivity index (χ3v) is 3.01. The minimum Gasteiger partial charge on any atom is -0.464 e. The van der Waals surface area contributed by atoms with Gasteiger partial charge < -0.3 is 9.15 Å². The number of benzene rings is 1. The number of halogens is 6. The highest BCUT2D eigenvalue weighted by Crippen LogP contribution is 2.38. The molecule has 0 atom stereocenters. The Kier molecular flexibility index (Phi) is 4.34. The summed E-state index contributed by atoms with van der Waals surface area (Å²) in [6.07, 6.45) is -9.99. The molecule has 1 aromatic carbocycles. The van der Waals surface area contributed by atoms with Crippen molar-refractivity contribution in [1.29, 1.82) is 0 Å². The fourth-order valence-electron chi connectivity index (χ4n) is 1.88. The van der Waals surface area contributed by atoms with E-state index in [1.807, 2.05) is 0 Å². The molecule has 0 N–H and O–H groups in total. The molecule has 2 aromatic rings. The molecular weight excluding hydrogens is 344 g/mol. The molecule has 4 nitrogen and oxygen atoms in total. The van der Waals surface area contributed by atoms with Crippen LogP contribution in [0.4, 0.5) is 26.3 Å². The maximum atomic E-state index is 12.8. The van der Waals surface area contributed by atoms with Crippen molar-refractivity contribution in [3.8, 4) is 11.5 Å². The van der Waals surface area contributed by atoms with Gasteiger partial charge in [0.1, 0.15) is 5.76 Å². The first-order chi connectivity index (χ1) is 10.9. The van der Waals surface area contributed by atoms with E-state index in [0.717, 1.165) is 7.11 Å². The van der Waals surface area contributed by atoms with E-state index in [1.54, 1.807) is 0 Å². The third-order valence-electron chi connectivity index (χ3n) is 3.01. The second kappa shape index (κ2) is 5.84. The molecule has 0 unspecified atom stereocenters. The molecule has 130 valence electrons. The maximum absolute atomic E-state index is 12.8. The number of aromatic nitrogens is 1. The van der Waals surface area contributed by atoms with Crippen LogP contribution in [-0.2, 0) is 17.1 Å². The van der Waals surface area contributed by atoms with Crippen LogP contribution in [0.1, 0.15) is 27.4 Å². The zero-order valence-electron chi connectivity index (χ0n) is 12.2. The third kappa shape index (κ3) is 3.52. The Morgan fingerprint density at radius 1 is 1.04 bits per heavy atom. The molecule has 0 saturated carbocycles. The van der Waals surface area contributed by atoms with Crippen LogP contribution in [-0.4, -0.2) is 18.1 Å².